The van der Waals surface area contributed by atoms with Crippen LogP contribution in [0.1, 0.15) is 6.42 Å². The van der Waals surface area contributed by atoms with Gasteiger partial charge in [-0.15, -0.1) is 11.8 Å². The zero-order valence-corrected chi connectivity index (χ0v) is 8.26. The highest BCUT2D eigenvalue weighted by Gasteiger charge is 2.14. The SMILES string of the molecule is c1cc(SCC2CCNC2)ncn1. The summed E-state index contributed by atoms with van der Waals surface area (Å²) in [6.07, 6.45) is 4.70. The van der Waals surface area contributed by atoms with Gasteiger partial charge in [-0.2, -0.15) is 0 Å². The van der Waals surface area contributed by atoms with Gasteiger partial charge in [0.05, 0.1) is 5.03 Å². The van der Waals surface area contributed by atoms with Gasteiger partial charge in [0.15, 0.2) is 0 Å². The molecule has 0 saturated carbocycles. The predicted molar refractivity (Wildman–Crippen MR) is 53.7 cm³/mol. The van der Waals surface area contributed by atoms with Gasteiger partial charge < -0.3 is 5.32 Å². The summed E-state index contributed by atoms with van der Waals surface area (Å²) >= 11 is 1.83. The third kappa shape index (κ3) is 2.67. The molecule has 1 aliphatic heterocycles. The van der Waals surface area contributed by atoms with Crippen molar-refractivity contribution in [1.82, 2.24) is 15.3 Å². The molecule has 1 aromatic heterocycles. The minimum Gasteiger partial charge on any atom is -0.316 e. The van der Waals surface area contributed by atoms with Crippen LogP contribution in [0.25, 0.3) is 0 Å². The Bertz CT molecular complexity index is 246. The number of rotatable bonds is 3. The van der Waals surface area contributed by atoms with E-state index < -0.39 is 0 Å². The van der Waals surface area contributed by atoms with Gasteiger partial charge in [0.1, 0.15) is 6.33 Å². The van der Waals surface area contributed by atoms with Crippen LogP contribution in [-0.2, 0) is 0 Å². The molecule has 4 heteroatoms. The zero-order valence-electron chi connectivity index (χ0n) is 7.44. The lowest BCUT2D eigenvalue weighted by Gasteiger charge is -2.05. The number of nitrogens with zero attached hydrogens (tertiary/aromatic N) is 2. The van der Waals surface area contributed by atoms with Crippen LogP contribution < -0.4 is 5.32 Å². The van der Waals surface area contributed by atoms with Crippen LogP contribution in [0.4, 0.5) is 0 Å². The molecular weight excluding hydrogens is 182 g/mol. The fourth-order valence-corrected chi connectivity index (χ4v) is 2.39. The molecule has 0 spiro atoms. The average molecular weight is 195 g/mol. The van der Waals surface area contributed by atoms with Crippen molar-refractivity contribution in [3.8, 4) is 0 Å². The van der Waals surface area contributed by atoms with E-state index in [-0.39, 0.29) is 0 Å². The van der Waals surface area contributed by atoms with Crippen molar-refractivity contribution in [1.29, 1.82) is 0 Å². The molecule has 70 valence electrons. The largest absolute Gasteiger partial charge is 0.316 e. The minimum absolute atomic E-state index is 0.819. The number of hydrogen-bond donors (Lipinski definition) is 1. The molecule has 2 rings (SSSR count). The Morgan fingerprint density at radius 2 is 2.62 bits per heavy atom. The van der Waals surface area contributed by atoms with E-state index in [1.807, 2.05) is 17.8 Å². The maximum absolute atomic E-state index is 4.17. The van der Waals surface area contributed by atoms with Gasteiger partial charge in [-0.25, -0.2) is 9.97 Å². The van der Waals surface area contributed by atoms with E-state index in [0.29, 0.717) is 0 Å². The second-order valence-corrected chi connectivity index (χ2v) is 4.26. The van der Waals surface area contributed by atoms with Gasteiger partial charge in [-0.05, 0) is 31.5 Å². The fourth-order valence-electron chi connectivity index (χ4n) is 1.42. The molecule has 1 aromatic rings. The van der Waals surface area contributed by atoms with Crippen LogP contribution in [0.2, 0.25) is 0 Å². The van der Waals surface area contributed by atoms with Crippen LogP contribution in [0, 0.1) is 5.92 Å². The first-order valence-electron chi connectivity index (χ1n) is 4.54. The third-order valence-electron chi connectivity index (χ3n) is 2.18. The summed E-state index contributed by atoms with van der Waals surface area (Å²) in [7, 11) is 0. The fraction of sp³-hybridized carbons (Fsp3) is 0.556. The Morgan fingerprint density at radius 3 is 3.31 bits per heavy atom. The molecule has 1 saturated heterocycles. The Labute approximate surface area is 82.4 Å². The number of aromatic nitrogens is 2. The second-order valence-electron chi connectivity index (χ2n) is 3.22. The monoisotopic (exact) mass is 195 g/mol. The van der Waals surface area contributed by atoms with Crippen molar-refractivity contribution in [2.24, 2.45) is 5.92 Å². The Hall–Kier alpha value is -0.610. The van der Waals surface area contributed by atoms with E-state index in [1.54, 1.807) is 12.5 Å². The lowest BCUT2D eigenvalue weighted by molar-refractivity contribution is 0.662. The molecule has 0 amide bonds. The van der Waals surface area contributed by atoms with Gasteiger partial charge in [0.25, 0.3) is 0 Å². The molecule has 0 bridgehead atoms. The first kappa shape index (κ1) is 8.97. The van der Waals surface area contributed by atoms with E-state index in [9.17, 15) is 0 Å². The summed E-state index contributed by atoms with van der Waals surface area (Å²) in [4.78, 5) is 8.06. The van der Waals surface area contributed by atoms with E-state index in [4.69, 9.17) is 0 Å². The van der Waals surface area contributed by atoms with Gasteiger partial charge in [-0.3, -0.25) is 0 Å². The maximum Gasteiger partial charge on any atom is 0.116 e. The third-order valence-corrected chi connectivity index (χ3v) is 3.36. The molecule has 1 N–H and O–H groups in total. The molecule has 3 nitrogen and oxygen atoms in total. The molecule has 1 aliphatic rings. The summed E-state index contributed by atoms with van der Waals surface area (Å²) in [5, 5.41) is 4.45. The van der Waals surface area contributed by atoms with Gasteiger partial charge in [0.2, 0.25) is 0 Å². The van der Waals surface area contributed by atoms with Crippen molar-refractivity contribution in [2.45, 2.75) is 11.4 Å². The highest BCUT2D eigenvalue weighted by molar-refractivity contribution is 7.99. The van der Waals surface area contributed by atoms with Gasteiger partial charge >= 0.3 is 0 Å². The zero-order chi connectivity index (χ0) is 8.93. The van der Waals surface area contributed by atoms with Crippen LogP contribution in [-0.4, -0.2) is 28.8 Å². The molecule has 1 atom stereocenters. The van der Waals surface area contributed by atoms with Crippen molar-refractivity contribution in [2.75, 3.05) is 18.8 Å². The predicted octanol–water partition coefficient (Wildman–Crippen LogP) is 1.18. The van der Waals surface area contributed by atoms with Crippen molar-refractivity contribution in [3.05, 3.63) is 18.6 Å². The Kier molecular flexibility index (Phi) is 3.16. The lowest BCUT2D eigenvalue weighted by atomic mass is 10.2. The summed E-state index contributed by atoms with van der Waals surface area (Å²) in [6, 6.07) is 1.97. The molecule has 1 fully saturated rings. The van der Waals surface area contributed by atoms with Gasteiger partial charge in [0, 0.05) is 11.9 Å². The van der Waals surface area contributed by atoms with Crippen molar-refractivity contribution in [3.63, 3.8) is 0 Å². The normalized spacial score (nSPS) is 22.0. The maximum atomic E-state index is 4.17. The molecule has 13 heavy (non-hydrogen) atoms. The van der Waals surface area contributed by atoms with Gasteiger partial charge in [-0.1, -0.05) is 0 Å². The first-order chi connectivity index (χ1) is 6.45. The quantitative estimate of drug-likeness (QED) is 0.580. The lowest BCUT2D eigenvalue weighted by Crippen LogP contribution is -2.10. The molecular formula is C9H13N3S. The number of thioether (sulfide) groups is 1. The standard InChI is InChI=1S/C9H13N3S/c1-3-10-5-8(1)6-13-9-2-4-11-7-12-9/h2,4,7-8,10H,1,3,5-6H2. The molecule has 0 aliphatic carbocycles. The molecule has 0 radical (unpaired) electrons. The topological polar surface area (TPSA) is 37.8 Å². The summed E-state index contributed by atoms with van der Waals surface area (Å²) in [5.41, 5.74) is 0. The van der Waals surface area contributed by atoms with Crippen LogP contribution in [0.3, 0.4) is 0 Å². The minimum atomic E-state index is 0.819. The average Bonchev–Trinajstić information content (AvgIpc) is 2.69. The molecule has 0 aromatic carbocycles. The number of nitrogens with one attached hydrogen (secondary N) is 1. The highest BCUT2D eigenvalue weighted by atomic mass is 32.2. The molecule has 1 unspecified atom stereocenters. The van der Waals surface area contributed by atoms with Crippen LogP contribution >= 0.6 is 11.8 Å². The van der Waals surface area contributed by atoms with Crippen LogP contribution in [0.5, 0.6) is 0 Å². The summed E-state index contributed by atoms with van der Waals surface area (Å²) in [5.74, 6) is 1.99. The van der Waals surface area contributed by atoms with E-state index in [2.05, 4.69) is 15.3 Å². The van der Waals surface area contributed by atoms with E-state index in [1.165, 1.54) is 18.7 Å². The van der Waals surface area contributed by atoms with Crippen LogP contribution in [0.15, 0.2) is 23.6 Å². The summed E-state index contributed by atoms with van der Waals surface area (Å²) < 4.78 is 0. The van der Waals surface area contributed by atoms with E-state index in [0.717, 1.165) is 17.5 Å². The van der Waals surface area contributed by atoms with Crippen molar-refractivity contribution >= 4 is 11.8 Å². The van der Waals surface area contributed by atoms with E-state index >= 15 is 0 Å². The first-order valence-corrected chi connectivity index (χ1v) is 5.53. The summed E-state index contributed by atoms with van der Waals surface area (Å²) in [6.45, 7) is 2.34. The highest BCUT2D eigenvalue weighted by Crippen LogP contribution is 2.20. The Morgan fingerprint density at radius 1 is 1.62 bits per heavy atom. The number of hydrogen-bond acceptors (Lipinski definition) is 4. The van der Waals surface area contributed by atoms with Crippen molar-refractivity contribution < 1.29 is 0 Å². The molecule has 2 heterocycles. The Balaban J connectivity index is 1.79. The smallest absolute Gasteiger partial charge is 0.116 e. The second kappa shape index (κ2) is 4.58.